The summed E-state index contributed by atoms with van der Waals surface area (Å²) >= 11 is 0. The molecule has 0 fully saturated rings. The van der Waals surface area contributed by atoms with E-state index in [1.54, 1.807) is 6.08 Å². The second-order valence-corrected chi connectivity index (χ2v) is 1.12. The van der Waals surface area contributed by atoms with Crippen molar-refractivity contribution in [2.45, 2.75) is 0 Å². The fourth-order valence-corrected chi connectivity index (χ4v) is 0.190. The Hall–Kier alpha value is -0.920. The van der Waals surface area contributed by atoms with Crippen molar-refractivity contribution in [3.63, 3.8) is 0 Å². The topological polar surface area (TPSA) is 32.3 Å². The summed E-state index contributed by atoms with van der Waals surface area (Å²) in [5.41, 5.74) is 0. The zero-order chi connectivity index (χ0) is 5.70. The van der Waals surface area contributed by atoms with E-state index in [1.165, 1.54) is 0 Å². The molecule has 0 saturated heterocycles. The molecule has 0 saturated carbocycles. The first kappa shape index (κ1) is 6.08. The zero-order valence-electron chi connectivity index (χ0n) is 4.15. The molecular formula is C5H9NO. The van der Waals surface area contributed by atoms with Crippen LogP contribution in [-0.4, -0.2) is 11.7 Å². The maximum atomic E-state index is 8.33. The molecule has 40 valence electrons. The average Bonchev–Trinajstić information content (AvgIpc) is 1.61. The van der Waals surface area contributed by atoms with Crippen LogP contribution < -0.4 is 5.32 Å². The third-order valence-corrected chi connectivity index (χ3v) is 0.450. The van der Waals surface area contributed by atoms with Gasteiger partial charge in [0.15, 0.2) is 5.88 Å². The van der Waals surface area contributed by atoms with Crippen molar-refractivity contribution in [1.29, 1.82) is 0 Å². The number of hydrogen-bond acceptors (Lipinski definition) is 2. The average molecular weight is 99.1 g/mol. The van der Waals surface area contributed by atoms with E-state index in [-0.39, 0.29) is 5.88 Å². The summed E-state index contributed by atoms with van der Waals surface area (Å²) in [6, 6.07) is 0. The highest BCUT2D eigenvalue weighted by molar-refractivity contribution is 4.80. The molecule has 0 aliphatic rings. The molecule has 0 aromatic rings. The molecular weight excluding hydrogens is 90.1 g/mol. The van der Waals surface area contributed by atoms with Gasteiger partial charge in [-0.15, -0.1) is 6.58 Å². The summed E-state index contributed by atoms with van der Waals surface area (Å²) < 4.78 is 0. The van der Waals surface area contributed by atoms with Gasteiger partial charge in [0.05, 0.1) is 0 Å². The predicted octanol–water partition coefficient (Wildman–Crippen LogP) is 0.791. The lowest BCUT2D eigenvalue weighted by Crippen LogP contribution is -2.10. The highest BCUT2D eigenvalue weighted by Gasteiger charge is 1.76. The van der Waals surface area contributed by atoms with Crippen LogP contribution in [0.4, 0.5) is 0 Å². The van der Waals surface area contributed by atoms with E-state index in [9.17, 15) is 0 Å². The SMILES string of the molecule is C=CCNC(=C)O. The molecule has 2 N–H and O–H groups in total. The van der Waals surface area contributed by atoms with Gasteiger partial charge in [0, 0.05) is 6.54 Å². The largest absolute Gasteiger partial charge is 0.495 e. The van der Waals surface area contributed by atoms with E-state index >= 15 is 0 Å². The van der Waals surface area contributed by atoms with Crippen LogP contribution in [0.1, 0.15) is 0 Å². The van der Waals surface area contributed by atoms with Gasteiger partial charge in [-0.1, -0.05) is 6.08 Å². The van der Waals surface area contributed by atoms with Crippen molar-refractivity contribution < 1.29 is 5.11 Å². The number of aliphatic hydroxyl groups is 1. The second-order valence-electron chi connectivity index (χ2n) is 1.12. The van der Waals surface area contributed by atoms with Crippen molar-refractivity contribution in [3.8, 4) is 0 Å². The van der Waals surface area contributed by atoms with Gasteiger partial charge in [-0.25, -0.2) is 0 Å². The molecule has 0 aliphatic carbocycles. The van der Waals surface area contributed by atoms with Gasteiger partial charge in [-0.05, 0) is 6.58 Å². The van der Waals surface area contributed by atoms with Crippen LogP contribution in [0.3, 0.4) is 0 Å². The Balaban J connectivity index is 2.97. The number of rotatable bonds is 3. The fraction of sp³-hybridized carbons (Fsp3) is 0.200. The summed E-state index contributed by atoms with van der Waals surface area (Å²) in [5.74, 6) is -0.0140. The molecule has 0 radical (unpaired) electrons. The quantitative estimate of drug-likeness (QED) is 0.405. The number of hydrogen-bond donors (Lipinski definition) is 2. The molecule has 0 bridgehead atoms. The van der Waals surface area contributed by atoms with Gasteiger partial charge >= 0.3 is 0 Å². The van der Waals surface area contributed by atoms with E-state index in [4.69, 9.17) is 5.11 Å². The molecule has 0 atom stereocenters. The van der Waals surface area contributed by atoms with Crippen LogP contribution >= 0.6 is 0 Å². The minimum atomic E-state index is -0.0140. The Labute approximate surface area is 43.2 Å². The van der Waals surface area contributed by atoms with Gasteiger partial charge in [-0.2, -0.15) is 0 Å². The molecule has 2 heteroatoms. The van der Waals surface area contributed by atoms with Crippen LogP contribution in [-0.2, 0) is 0 Å². The highest BCUT2D eigenvalue weighted by atomic mass is 16.3. The normalized spacial score (nSPS) is 7.43. The third kappa shape index (κ3) is 5.08. The summed E-state index contributed by atoms with van der Waals surface area (Å²) in [5, 5.41) is 10.9. The Morgan fingerprint density at radius 3 is 2.57 bits per heavy atom. The van der Waals surface area contributed by atoms with Gasteiger partial charge < -0.3 is 10.4 Å². The Bertz CT molecular complexity index is 78.1. The van der Waals surface area contributed by atoms with E-state index in [0.717, 1.165) is 0 Å². The molecule has 0 amide bonds. The van der Waals surface area contributed by atoms with Crippen molar-refractivity contribution in [1.82, 2.24) is 5.32 Å². The first-order valence-electron chi connectivity index (χ1n) is 2.00. The molecule has 0 aliphatic heterocycles. The summed E-state index contributed by atoms with van der Waals surface area (Å²) in [6.07, 6.45) is 1.64. The fourth-order valence-electron chi connectivity index (χ4n) is 0.190. The maximum absolute atomic E-state index is 8.33. The molecule has 0 aromatic heterocycles. The van der Waals surface area contributed by atoms with Crippen molar-refractivity contribution >= 4 is 0 Å². The molecule has 0 unspecified atom stereocenters. The molecule has 0 heterocycles. The van der Waals surface area contributed by atoms with Gasteiger partial charge in [-0.3, -0.25) is 0 Å². The standard InChI is InChI=1S/C5H9NO/c1-3-4-6-5(2)7/h3,6-7H,1-2,4H2. The van der Waals surface area contributed by atoms with Crippen molar-refractivity contribution in [3.05, 3.63) is 25.1 Å². The minimum Gasteiger partial charge on any atom is -0.495 e. The van der Waals surface area contributed by atoms with Crippen LogP contribution in [0.25, 0.3) is 0 Å². The Kier molecular flexibility index (Phi) is 2.85. The van der Waals surface area contributed by atoms with E-state index in [0.29, 0.717) is 6.54 Å². The van der Waals surface area contributed by atoms with Crippen molar-refractivity contribution in [2.24, 2.45) is 0 Å². The van der Waals surface area contributed by atoms with Gasteiger partial charge in [0.2, 0.25) is 0 Å². The number of aliphatic hydroxyl groups excluding tert-OH is 1. The van der Waals surface area contributed by atoms with E-state index in [2.05, 4.69) is 18.5 Å². The molecule has 2 nitrogen and oxygen atoms in total. The molecule has 0 rings (SSSR count). The van der Waals surface area contributed by atoms with Crippen LogP contribution in [0, 0.1) is 0 Å². The van der Waals surface area contributed by atoms with Gasteiger partial charge in [0.25, 0.3) is 0 Å². The van der Waals surface area contributed by atoms with Crippen molar-refractivity contribution in [2.75, 3.05) is 6.54 Å². The zero-order valence-corrected chi connectivity index (χ0v) is 4.15. The Morgan fingerprint density at radius 2 is 2.43 bits per heavy atom. The summed E-state index contributed by atoms with van der Waals surface area (Å²) in [6.45, 7) is 7.17. The molecule has 7 heavy (non-hydrogen) atoms. The highest BCUT2D eigenvalue weighted by Crippen LogP contribution is 1.69. The van der Waals surface area contributed by atoms with E-state index in [1.807, 2.05) is 0 Å². The molecule has 0 spiro atoms. The third-order valence-electron chi connectivity index (χ3n) is 0.450. The second kappa shape index (κ2) is 3.28. The minimum absolute atomic E-state index is 0.0140. The first-order chi connectivity index (χ1) is 3.27. The smallest absolute Gasteiger partial charge is 0.176 e. The van der Waals surface area contributed by atoms with E-state index < -0.39 is 0 Å². The van der Waals surface area contributed by atoms with Gasteiger partial charge in [0.1, 0.15) is 0 Å². The first-order valence-corrected chi connectivity index (χ1v) is 2.00. The lowest BCUT2D eigenvalue weighted by molar-refractivity contribution is 0.374. The summed E-state index contributed by atoms with van der Waals surface area (Å²) in [4.78, 5) is 0. The Morgan fingerprint density at radius 1 is 1.86 bits per heavy atom. The maximum Gasteiger partial charge on any atom is 0.176 e. The monoisotopic (exact) mass is 99.1 g/mol. The van der Waals surface area contributed by atoms with Crippen LogP contribution in [0.5, 0.6) is 0 Å². The van der Waals surface area contributed by atoms with Crippen LogP contribution in [0.15, 0.2) is 25.1 Å². The lowest BCUT2D eigenvalue weighted by atomic mass is 10.6. The molecule has 0 aromatic carbocycles. The lowest BCUT2D eigenvalue weighted by Gasteiger charge is -1.94. The van der Waals surface area contributed by atoms with Crippen LogP contribution in [0.2, 0.25) is 0 Å². The predicted molar refractivity (Wildman–Crippen MR) is 30.0 cm³/mol. The summed E-state index contributed by atoms with van der Waals surface area (Å²) in [7, 11) is 0. The number of nitrogens with one attached hydrogen (secondary N) is 1.